The third-order valence-electron chi connectivity index (χ3n) is 7.06. The number of methoxy groups -OCH3 is 1. The molecule has 0 radical (unpaired) electrons. The number of benzene rings is 2. The Balaban J connectivity index is 1.61. The Morgan fingerprint density at radius 2 is 1.62 bits per heavy atom. The number of rotatable bonds is 5. The van der Waals surface area contributed by atoms with E-state index in [1.165, 1.54) is 54.9 Å². The van der Waals surface area contributed by atoms with E-state index in [-0.39, 0.29) is 0 Å². The maximum atomic E-state index is 6.27. The van der Waals surface area contributed by atoms with E-state index in [2.05, 4.69) is 46.3 Å². The van der Waals surface area contributed by atoms with Gasteiger partial charge in [0.2, 0.25) is 0 Å². The second-order valence-corrected chi connectivity index (χ2v) is 9.79. The number of hydrogen-bond acceptors (Lipinski definition) is 2. The van der Waals surface area contributed by atoms with Crippen LogP contribution in [0.2, 0.25) is 0 Å². The number of hydrogen-bond donors (Lipinski definition) is 0. The van der Waals surface area contributed by atoms with Gasteiger partial charge in [-0.1, -0.05) is 22.0 Å². The molecule has 0 heterocycles. The van der Waals surface area contributed by atoms with Gasteiger partial charge in [0, 0.05) is 17.1 Å². The Morgan fingerprint density at radius 3 is 2.27 bits per heavy atom. The summed E-state index contributed by atoms with van der Waals surface area (Å²) in [5.41, 5.74) is 1.81. The second kappa shape index (κ2) is 6.53. The Labute approximate surface area is 164 Å². The molecule has 0 spiro atoms. The summed E-state index contributed by atoms with van der Waals surface area (Å²) < 4.78 is 12.6. The van der Waals surface area contributed by atoms with E-state index in [4.69, 9.17) is 9.47 Å². The van der Waals surface area contributed by atoms with Crippen LogP contribution in [0.1, 0.15) is 44.1 Å². The monoisotopic (exact) mass is 414 g/mol. The molecule has 2 aromatic carbocycles. The van der Waals surface area contributed by atoms with Crippen LogP contribution in [-0.2, 0) is 10.2 Å². The lowest BCUT2D eigenvalue weighted by atomic mass is 9.48. The molecule has 4 aliphatic rings. The second-order valence-electron chi connectivity index (χ2n) is 8.88. The first-order valence-electron chi connectivity index (χ1n) is 10.0. The van der Waals surface area contributed by atoms with E-state index in [1.54, 1.807) is 7.11 Å². The fourth-order valence-electron chi connectivity index (χ4n) is 6.46. The van der Waals surface area contributed by atoms with Gasteiger partial charge in [-0.05, 0) is 96.7 Å². The number of ether oxygens (including phenoxy) is 2. The molecular weight excluding hydrogens is 388 g/mol. The average Bonchev–Trinajstić information content (AvgIpc) is 2.60. The smallest absolute Gasteiger partial charge is 0.123 e. The molecule has 3 heteroatoms. The molecule has 4 fully saturated rings. The van der Waals surface area contributed by atoms with Gasteiger partial charge in [0.15, 0.2) is 0 Å². The summed E-state index contributed by atoms with van der Waals surface area (Å²) >= 11 is 3.64. The first-order chi connectivity index (χ1) is 12.6. The van der Waals surface area contributed by atoms with Gasteiger partial charge in [0.1, 0.15) is 12.4 Å². The molecule has 26 heavy (non-hydrogen) atoms. The first kappa shape index (κ1) is 17.1. The fourth-order valence-corrected chi connectivity index (χ4v) is 6.84. The van der Waals surface area contributed by atoms with Gasteiger partial charge in [0.25, 0.3) is 0 Å². The maximum absolute atomic E-state index is 6.27. The van der Waals surface area contributed by atoms with E-state index < -0.39 is 0 Å². The molecule has 0 aromatic heterocycles. The molecule has 4 bridgehead atoms. The lowest BCUT2D eigenvalue weighted by Crippen LogP contribution is -2.48. The lowest BCUT2D eigenvalue weighted by molar-refractivity contribution is -0.00653. The zero-order valence-electron chi connectivity index (χ0n) is 15.5. The number of fused-ring (bicyclic) bond motifs is 1. The molecule has 138 valence electrons. The fraction of sp³-hybridized carbons (Fsp3) is 0.565. The van der Waals surface area contributed by atoms with Gasteiger partial charge in [-0.2, -0.15) is 0 Å². The van der Waals surface area contributed by atoms with E-state index >= 15 is 0 Å². The predicted molar refractivity (Wildman–Crippen MR) is 109 cm³/mol. The van der Waals surface area contributed by atoms with Crippen molar-refractivity contribution in [1.29, 1.82) is 0 Å². The van der Waals surface area contributed by atoms with Crippen molar-refractivity contribution in [2.45, 2.75) is 43.9 Å². The van der Waals surface area contributed by atoms with E-state index in [0.717, 1.165) is 28.0 Å². The molecule has 4 saturated carbocycles. The normalized spacial score (nSPS) is 32.3. The van der Waals surface area contributed by atoms with E-state index in [9.17, 15) is 0 Å². The summed E-state index contributed by atoms with van der Waals surface area (Å²) in [5, 5.41) is 2.58. The van der Waals surface area contributed by atoms with Crippen LogP contribution in [0.3, 0.4) is 0 Å². The summed E-state index contributed by atoms with van der Waals surface area (Å²) in [6.07, 6.45) is 8.49. The first-order valence-corrected chi connectivity index (χ1v) is 10.8. The Morgan fingerprint density at radius 1 is 0.923 bits per heavy atom. The van der Waals surface area contributed by atoms with Crippen molar-refractivity contribution in [3.05, 3.63) is 40.4 Å². The van der Waals surface area contributed by atoms with Crippen LogP contribution in [0.25, 0.3) is 10.8 Å². The summed E-state index contributed by atoms with van der Waals surface area (Å²) in [6.45, 7) is 1.26. The highest BCUT2D eigenvalue weighted by Crippen LogP contribution is 2.62. The quantitative estimate of drug-likeness (QED) is 0.550. The molecule has 0 aliphatic heterocycles. The third kappa shape index (κ3) is 2.88. The zero-order valence-corrected chi connectivity index (χ0v) is 17.1. The average molecular weight is 415 g/mol. The van der Waals surface area contributed by atoms with Crippen molar-refractivity contribution in [3.8, 4) is 5.75 Å². The van der Waals surface area contributed by atoms with Gasteiger partial charge < -0.3 is 9.47 Å². The Hall–Kier alpha value is -1.06. The Kier molecular flexibility index (Phi) is 4.28. The van der Waals surface area contributed by atoms with E-state index in [0.29, 0.717) is 18.6 Å². The minimum absolute atomic E-state index is 0.341. The molecule has 4 aliphatic carbocycles. The van der Waals surface area contributed by atoms with Crippen molar-refractivity contribution >= 4 is 26.7 Å². The van der Waals surface area contributed by atoms with E-state index in [1.807, 2.05) is 0 Å². The molecule has 0 atom stereocenters. The summed E-state index contributed by atoms with van der Waals surface area (Å²) in [7, 11) is 1.74. The van der Waals surface area contributed by atoms with Crippen molar-refractivity contribution in [1.82, 2.24) is 0 Å². The van der Waals surface area contributed by atoms with Crippen LogP contribution in [-0.4, -0.2) is 20.3 Å². The van der Waals surface area contributed by atoms with Crippen LogP contribution in [0.5, 0.6) is 5.75 Å². The highest BCUT2D eigenvalue weighted by molar-refractivity contribution is 9.10. The highest BCUT2D eigenvalue weighted by atomic mass is 79.9. The molecule has 2 aromatic rings. The standard InChI is InChI=1S/C23H27BrO2/c1-25-4-5-26-22-11-18-2-3-20(24)9-19(18)10-21(22)23-12-15-6-16(13-23)8-17(7-15)14-23/h2-3,9-11,15-17H,4-8,12-14H2,1H3. The topological polar surface area (TPSA) is 18.5 Å². The van der Waals surface area contributed by atoms with Gasteiger partial charge in [-0.15, -0.1) is 0 Å². The van der Waals surface area contributed by atoms with Crippen molar-refractivity contribution in [2.24, 2.45) is 17.8 Å². The molecule has 0 N–H and O–H groups in total. The summed E-state index contributed by atoms with van der Waals surface area (Å²) in [4.78, 5) is 0. The number of halogens is 1. The zero-order chi connectivity index (χ0) is 17.7. The van der Waals surface area contributed by atoms with Crippen LogP contribution in [0.15, 0.2) is 34.8 Å². The maximum Gasteiger partial charge on any atom is 0.123 e. The van der Waals surface area contributed by atoms with Gasteiger partial charge in [0.05, 0.1) is 6.61 Å². The van der Waals surface area contributed by atoms with Crippen LogP contribution in [0, 0.1) is 17.8 Å². The predicted octanol–water partition coefficient (Wildman–Crippen LogP) is 6.10. The molecule has 0 saturated heterocycles. The molecule has 6 rings (SSSR count). The SMILES string of the molecule is COCCOc1cc2ccc(Br)cc2cc1C12CC3CC(CC(C3)C1)C2. The molecule has 0 amide bonds. The van der Waals surface area contributed by atoms with Crippen LogP contribution in [0.4, 0.5) is 0 Å². The molecule has 0 unspecified atom stereocenters. The van der Waals surface area contributed by atoms with Crippen LogP contribution >= 0.6 is 15.9 Å². The Bertz CT molecular complexity index is 793. The van der Waals surface area contributed by atoms with Crippen molar-refractivity contribution in [3.63, 3.8) is 0 Å². The molecular formula is C23H27BrO2. The van der Waals surface area contributed by atoms with Crippen molar-refractivity contribution in [2.75, 3.05) is 20.3 Å². The van der Waals surface area contributed by atoms with Crippen molar-refractivity contribution < 1.29 is 9.47 Å². The van der Waals surface area contributed by atoms with Gasteiger partial charge in [-0.25, -0.2) is 0 Å². The minimum Gasteiger partial charge on any atom is -0.491 e. The third-order valence-corrected chi connectivity index (χ3v) is 7.55. The van der Waals surface area contributed by atoms with Gasteiger partial charge >= 0.3 is 0 Å². The minimum atomic E-state index is 0.341. The lowest BCUT2D eigenvalue weighted by Gasteiger charge is -2.57. The highest BCUT2D eigenvalue weighted by Gasteiger charge is 2.52. The van der Waals surface area contributed by atoms with Crippen LogP contribution < -0.4 is 4.74 Å². The van der Waals surface area contributed by atoms with Gasteiger partial charge in [-0.3, -0.25) is 0 Å². The largest absolute Gasteiger partial charge is 0.491 e. The molecule has 2 nitrogen and oxygen atoms in total. The summed E-state index contributed by atoms with van der Waals surface area (Å²) in [6, 6.07) is 11.3. The summed E-state index contributed by atoms with van der Waals surface area (Å²) in [5.74, 6) is 3.91.